The summed E-state index contributed by atoms with van der Waals surface area (Å²) in [6.45, 7) is 1.81. The van der Waals surface area contributed by atoms with Crippen molar-refractivity contribution in [2.75, 3.05) is 5.32 Å². The van der Waals surface area contributed by atoms with Crippen LogP contribution in [0.2, 0.25) is 5.02 Å². The summed E-state index contributed by atoms with van der Waals surface area (Å²) in [5.74, 6) is 0. The van der Waals surface area contributed by atoms with Gasteiger partial charge in [-0.3, -0.25) is 0 Å². The Kier molecular flexibility index (Phi) is 4.10. The summed E-state index contributed by atoms with van der Waals surface area (Å²) < 4.78 is 37.9. The van der Waals surface area contributed by atoms with Gasteiger partial charge in [0.15, 0.2) is 0 Å². The summed E-state index contributed by atoms with van der Waals surface area (Å²) in [6.07, 6.45) is -4.48. The number of benzene rings is 2. The number of anilines is 2. The average Bonchev–Trinajstić information content (AvgIpc) is 2.42. The Labute approximate surface area is 124 Å². The average molecular weight is 311 g/mol. The Morgan fingerprint density at radius 2 is 1.90 bits per heavy atom. The minimum absolute atomic E-state index is 0.0934. The molecule has 108 valence electrons. The first-order valence-corrected chi connectivity index (χ1v) is 6.34. The zero-order valence-corrected chi connectivity index (χ0v) is 11.7. The summed E-state index contributed by atoms with van der Waals surface area (Å²) in [4.78, 5) is 0. The van der Waals surface area contributed by atoms with Crippen LogP contribution < -0.4 is 5.32 Å². The maximum Gasteiger partial charge on any atom is 0.416 e. The van der Waals surface area contributed by atoms with Gasteiger partial charge in [0.25, 0.3) is 0 Å². The van der Waals surface area contributed by atoms with Gasteiger partial charge < -0.3 is 5.32 Å². The number of nitrogens with one attached hydrogen (secondary N) is 1. The Hall–Kier alpha value is -2.19. The molecule has 0 bridgehead atoms. The van der Waals surface area contributed by atoms with Crippen LogP contribution in [0.4, 0.5) is 24.5 Å². The molecule has 0 aliphatic carbocycles. The van der Waals surface area contributed by atoms with Crippen LogP contribution in [0.1, 0.15) is 16.7 Å². The van der Waals surface area contributed by atoms with E-state index in [1.807, 2.05) is 13.0 Å². The lowest BCUT2D eigenvalue weighted by Gasteiger charge is -2.14. The van der Waals surface area contributed by atoms with Crippen LogP contribution in [0, 0.1) is 18.3 Å². The molecule has 0 atom stereocenters. The first kappa shape index (κ1) is 15.2. The molecule has 1 N–H and O–H groups in total. The van der Waals surface area contributed by atoms with Crippen molar-refractivity contribution in [2.24, 2.45) is 0 Å². The van der Waals surface area contributed by atoms with Gasteiger partial charge in [-0.25, -0.2) is 0 Å². The maximum absolute atomic E-state index is 12.6. The normalized spacial score (nSPS) is 11.0. The van der Waals surface area contributed by atoms with Gasteiger partial charge >= 0.3 is 6.18 Å². The third-order valence-electron chi connectivity index (χ3n) is 2.95. The number of nitrogens with zero attached hydrogens (tertiary/aromatic N) is 1. The largest absolute Gasteiger partial charge is 0.416 e. The smallest absolute Gasteiger partial charge is 0.353 e. The molecule has 0 aliphatic heterocycles. The zero-order valence-electron chi connectivity index (χ0n) is 10.9. The van der Waals surface area contributed by atoms with Crippen LogP contribution in [-0.4, -0.2) is 0 Å². The molecule has 2 aromatic rings. The highest BCUT2D eigenvalue weighted by Gasteiger charge is 2.31. The lowest BCUT2D eigenvalue weighted by Crippen LogP contribution is -2.06. The van der Waals surface area contributed by atoms with Crippen LogP contribution >= 0.6 is 11.6 Å². The van der Waals surface area contributed by atoms with Crippen molar-refractivity contribution < 1.29 is 13.2 Å². The van der Waals surface area contributed by atoms with E-state index in [1.165, 1.54) is 6.07 Å². The molecular formula is C15H10ClF3N2. The zero-order chi connectivity index (χ0) is 15.6. The van der Waals surface area contributed by atoms with E-state index in [-0.39, 0.29) is 11.3 Å². The van der Waals surface area contributed by atoms with Crippen molar-refractivity contribution in [3.63, 3.8) is 0 Å². The third-order valence-corrected chi connectivity index (χ3v) is 3.26. The topological polar surface area (TPSA) is 35.8 Å². The molecule has 0 fully saturated rings. The van der Waals surface area contributed by atoms with Crippen LogP contribution in [0.3, 0.4) is 0 Å². The highest BCUT2D eigenvalue weighted by Crippen LogP contribution is 2.34. The fraction of sp³-hybridized carbons (Fsp3) is 0.133. The van der Waals surface area contributed by atoms with E-state index in [9.17, 15) is 13.2 Å². The predicted octanol–water partition coefficient (Wildman–Crippen LogP) is 5.28. The summed E-state index contributed by atoms with van der Waals surface area (Å²) in [5, 5.41) is 12.4. The Morgan fingerprint density at radius 1 is 1.19 bits per heavy atom. The number of halogens is 4. The van der Waals surface area contributed by atoms with Crippen molar-refractivity contribution in [3.8, 4) is 6.07 Å². The van der Waals surface area contributed by atoms with E-state index in [1.54, 1.807) is 18.2 Å². The lowest BCUT2D eigenvalue weighted by molar-refractivity contribution is -0.137. The van der Waals surface area contributed by atoms with Crippen molar-refractivity contribution in [3.05, 3.63) is 58.1 Å². The number of para-hydroxylation sites is 1. The SMILES string of the molecule is Cc1cccc(Cl)c1Nc1ccc(C(F)(F)F)cc1C#N. The lowest BCUT2D eigenvalue weighted by atomic mass is 10.1. The fourth-order valence-corrected chi connectivity index (χ4v) is 2.12. The van der Waals surface area contributed by atoms with Gasteiger partial charge in [-0.05, 0) is 36.8 Å². The van der Waals surface area contributed by atoms with Gasteiger partial charge in [0.05, 0.1) is 27.5 Å². The Bertz CT molecular complexity index is 698. The first-order chi connectivity index (χ1) is 9.82. The second kappa shape index (κ2) is 5.66. The second-order valence-electron chi connectivity index (χ2n) is 4.43. The molecule has 0 saturated heterocycles. The van der Waals surface area contributed by atoms with Crippen LogP contribution in [0.15, 0.2) is 36.4 Å². The van der Waals surface area contributed by atoms with E-state index in [0.717, 1.165) is 17.7 Å². The van der Waals surface area contributed by atoms with E-state index >= 15 is 0 Å². The monoisotopic (exact) mass is 310 g/mol. The second-order valence-corrected chi connectivity index (χ2v) is 4.83. The Morgan fingerprint density at radius 3 is 2.48 bits per heavy atom. The molecule has 0 unspecified atom stereocenters. The third kappa shape index (κ3) is 3.29. The van der Waals surface area contributed by atoms with E-state index in [0.29, 0.717) is 10.7 Å². The number of alkyl halides is 3. The van der Waals surface area contributed by atoms with Gasteiger partial charge in [-0.1, -0.05) is 23.7 Å². The van der Waals surface area contributed by atoms with Crippen LogP contribution in [-0.2, 0) is 6.18 Å². The van der Waals surface area contributed by atoms with Crippen LogP contribution in [0.5, 0.6) is 0 Å². The number of hydrogen-bond acceptors (Lipinski definition) is 2. The number of aryl methyl sites for hydroxylation is 1. The summed E-state index contributed by atoms with van der Waals surface area (Å²) in [7, 11) is 0. The molecule has 0 aromatic heterocycles. The van der Waals surface area contributed by atoms with Gasteiger partial charge in [0.1, 0.15) is 6.07 Å². The van der Waals surface area contributed by atoms with Gasteiger partial charge in [0.2, 0.25) is 0 Å². The van der Waals surface area contributed by atoms with Gasteiger partial charge in [0, 0.05) is 0 Å². The van der Waals surface area contributed by atoms with Gasteiger partial charge in [-0.2, -0.15) is 18.4 Å². The van der Waals surface area contributed by atoms with E-state index < -0.39 is 11.7 Å². The molecule has 2 rings (SSSR count). The predicted molar refractivity (Wildman–Crippen MR) is 75.6 cm³/mol. The molecule has 2 nitrogen and oxygen atoms in total. The van der Waals surface area contributed by atoms with Crippen molar-refractivity contribution in [2.45, 2.75) is 13.1 Å². The fourth-order valence-electron chi connectivity index (χ4n) is 1.85. The molecule has 0 saturated carbocycles. The standard InChI is InChI=1S/C15H10ClF3N2/c1-9-3-2-4-12(16)14(9)21-13-6-5-11(15(17,18)19)7-10(13)8-20/h2-7,21H,1H3. The number of hydrogen-bond donors (Lipinski definition) is 1. The minimum atomic E-state index is -4.48. The van der Waals surface area contributed by atoms with Crippen LogP contribution in [0.25, 0.3) is 0 Å². The summed E-state index contributed by atoms with van der Waals surface area (Å²) >= 11 is 6.05. The molecule has 0 heterocycles. The van der Waals surface area contributed by atoms with Crippen molar-refractivity contribution in [1.82, 2.24) is 0 Å². The summed E-state index contributed by atoms with van der Waals surface area (Å²) in [6, 6.07) is 9.96. The highest BCUT2D eigenvalue weighted by atomic mass is 35.5. The molecule has 0 spiro atoms. The number of nitriles is 1. The minimum Gasteiger partial charge on any atom is -0.353 e. The number of rotatable bonds is 2. The molecule has 0 radical (unpaired) electrons. The molecular weight excluding hydrogens is 301 g/mol. The van der Waals surface area contributed by atoms with E-state index in [4.69, 9.17) is 16.9 Å². The van der Waals surface area contributed by atoms with Crippen molar-refractivity contribution >= 4 is 23.0 Å². The van der Waals surface area contributed by atoms with Crippen molar-refractivity contribution in [1.29, 1.82) is 5.26 Å². The molecule has 0 aliphatic rings. The highest BCUT2D eigenvalue weighted by molar-refractivity contribution is 6.33. The van der Waals surface area contributed by atoms with E-state index in [2.05, 4.69) is 5.32 Å². The first-order valence-electron chi connectivity index (χ1n) is 5.96. The van der Waals surface area contributed by atoms with Gasteiger partial charge in [-0.15, -0.1) is 0 Å². The summed E-state index contributed by atoms with van der Waals surface area (Å²) in [5.41, 5.74) is 0.716. The molecule has 21 heavy (non-hydrogen) atoms. The quantitative estimate of drug-likeness (QED) is 0.819. The Balaban J connectivity index is 2.44. The molecule has 2 aromatic carbocycles. The molecule has 6 heteroatoms. The maximum atomic E-state index is 12.6. The molecule has 0 amide bonds.